The van der Waals surface area contributed by atoms with Gasteiger partial charge in [-0.05, 0) is 12.1 Å². The summed E-state index contributed by atoms with van der Waals surface area (Å²) in [5.74, 6) is 0.818. The Bertz CT molecular complexity index is 656. The summed E-state index contributed by atoms with van der Waals surface area (Å²) in [6.07, 6.45) is 4.88. The van der Waals surface area contributed by atoms with Crippen LogP contribution in [-0.4, -0.2) is 40.5 Å². The number of esters is 1. The molecule has 21 heavy (non-hydrogen) atoms. The van der Waals surface area contributed by atoms with Crippen LogP contribution in [0.1, 0.15) is 17.0 Å². The molecule has 0 unspecified atom stereocenters. The summed E-state index contributed by atoms with van der Waals surface area (Å²) in [6.45, 7) is -0.0563. The predicted octanol–water partition coefficient (Wildman–Crippen LogP) is -0.516. The second kappa shape index (κ2) is 7.47. The molecule has 0 aromatic carbocycles. The van der Waals surface area contributed by atoms with E-state index in [9.17, 15) is 18.0 Å². The van der Waals surface area contributed by atoms with Gasteiger partial charge < -0.3 is 14.5 Å². The molecule has 1 aromatic heterocycles. The van der Waals surface area contributed by atoms with E-state index in [1.54, 1.807) is 0 Å². The van der Waals surface area contributed by atoms with Gasteiger partial charge in [0, 0.05) is 13.0 Å². The number of hydrogen-bond acceptors (Lipinski definition) is 6. The molecule has 0 aliphatic carbocycles. The van der Waals surface area contributed by atoms with Crippen LogP contribution < -0.4 is 10.0 Å². The third kappa shape index (κ3) is 4.94. The minimum Gasteiger partial charge on any atom is -0.463 e. The summed E-state index contributed by atoms with van der Waals surface area (Å²) in [5.41, 5.74) is 0. The fourth-order valence-corrected chi connectivity index (χ4v) is 2.24. The normalized spacial score (nSPS) is 10.7. The van der Waals surface area contributed by atoms with Gasteiger partial charge in [-0.25, -0.2) is 17.9 Å². The molecule has 0 atom stereocenters. The van der Waals surface area contributed by atoms with E-state index in [0.717, 1.165) is 13.2 Å². The van der Waals surface area contributed by atoms with Gasteiger partial charge in [0.25, 0.3) is 10.0 Å². The highest BCUT2D eigenvalue weighted by Gasteiger charge is 2.21. The van der Waals surface area contributed by atoms with Gasteiger partial charge in [-0.15, -0.1) is 6.42 Å². The second-order valence-corrected chi connectivity index (χ2v) is 5.44. The van der Waals surface area contributed by atoms with Crippen molar-refractivity contribution in [3.8, 4) is 12.3 Å². The lowest BCUT2D eigenvalue weighted by Crippen LogP contribution is -2.30. The molecule has 114 valence electrons. The summed E-state index contributed by atoms with van der Waals surface area (Å²) in [5, 5.41) is 1.95. The molecule has 9 heteroatoms. The Kier molecular flexibility index (Phi) is 5.95. The molecule has 1 heterocycles. The van der Waals surface area contributed by atoms with Crippen LogP contribution in [-0.2, 0) is 19.6 Å². The van der Waals surface area contributed by atoms with Crippen molar-refractivity contribution in [3.05, 3.63) is 17.9 Å². The molecular weight excluding hydrogens is 300 g/mol. The van der Waals surface area contributed by atoms with Gasteiger partial charge in [-0.1, -0.05) is 5.92 Å². The first-order chi connectivity index (χ1) is 9.90. The summed E-state index contributed by atoms with van der Waals surface area (Å²) in [6, 6.07) is 2.30. The van der Waals surface area contributed by atoms with E-state index in [1.165, 1.54) is 6.07 Å². The van der Waals surface area contributed by atoms with E-state index in [1.807, 2.05) is 0 Å². The number of sulfonamides is 1. The van der Waals surface area contributed by atoms with Crippen LogP contribution in [0, 0.1) is 12.3 Å². The van der Waals surface area contributed by atoms with Crippen LogP contribution >= 0.6 is 0 Å². The van der Waals surface area contributed by atoms with Crippen LogP contribution in [0.15, 0.2) is 21.6 Å². The van der Waals surface area contributed by atoms with Crippen molar-refractivity contribution >= 4 is 21.9 Å². The Labute approximate surface area is 121 Å². The maximum Gasteiger partial charge on any atom is 0.374 e. The smallest absolute Gasteiger partial charge is 0.374 e. The fourth-order valence-electron chi connectivity index (χ4n) is 1.28. The number of carbonyl (C=O) groups excluding carboxylic acids is 2. The van der Waals surface area contributed by atoms with Crippen molar-refractivity contribution in [1.29, 1.82) is 0 Å². The third-order valence-corrected chi connectivity index (χ3v) is 3.60. The lowest BCUT2D eigenvalue weighted by molar-refractivity contribution is -0.120. The largest absolute Gasteiger partial charge is 0.463 e. The lowest BCUT2D eigenvalue weighted by atomic mass is 10.4. The van der Waals surface area contributed by atoms with Crippen molar-refractivity contribution in [3.63, 3.8) is 0 Å². The fraction of sp³-hybridized carbons (Fsp3) is 0.333. The first-order valence-corrected chi connectivity index (χ1v) is 7.27. The number of amides is 1. The topological polar surface area (TPSA) is 115 Å². The molecule has 0 radical (unpaired) electrons. The Morgan fingerprint density at radius 1 is 1.43 bits per heavy atom. The van der Waals surface area contributed by atoms with Gasteiger partial charge >= 0.3 is 5.97 Å². The van der Waals surface area contributed by atoms with Crippen molar-refractivity contribution in [1.82, 2.24) is 10.0 Å². The van der Waals surface area contributed by atoms with Crippen LogP contribution in [0.5, 0.6) is 0 Å². The monoisotopic (exact) mass is 314 g/mol. The maximum atomic E-state index is 11.8. The standard InChI is InChI=1S/C12H14N2O6S/c1-3-7-13-10(15)6-8-14-21(17,18)11-5-4-9(20-11)12(16)19-2/h1,4-5,14H,6-8H2,2H3,(H,13,15). The van der Waals surface area contributed by atoms with Gasteiger partial charge in [0.15, 0.2) is 0 Å². The number of rotatable bonds is 7. The van der Waals surface area contributed by atoms with Crippen LogP contribution in [0.25, 0.3) is 0 Å². The molecule has 2 N–H and O–H groups in total. The van der Waals surface area contributed by atoms with E-state index >= 15 is 0 Å². The highest BCUT2D eigenvalue weighted by atomic mass is 32.2. The predicted molar refractivity (Wildman–Crippen MR) is 71.7 cm³/mol. The zero-order chi connectivity index (χ0) is 15.9. The average molecular weight is 314 g/mol. The molecule has 1 rings (SSSR count). The minimum atomic E-state index is -3.94. The van der Waals surface area contributed by atoms with E-state index in [2.05, 4.69) is 20.7 Å². The highest BCUT2D eigenvalue weighted by Crippen LogP contribution is 2.14. The van der Waals surface area contributed by atoms with Gasteiger partial charge in [0.2, 0.25) is 16.8 Å². The highest BCUT2D eigenvalue weighted by molar-refractivity contribution is 7.89. The van der Waals surface area contributed by atoms with Gasteiger partial charge in [-0.2, -0.15) is 0 Å². The van der Waals surface area contributed by atoms with Gasteiger partial charge in [0.05, 0.1) is 13.7 Å². The molecule has 0 fully saturated rings. The number of furan rings is 1. The van der Waals surface area contributed by atoms with Crippen molar-refractivity contribution in [2.24, 2.45) is 0 Å². The first kappa shape index (κ1) is 16.7. The number of hydrogen-bond donors (Lipinski definition) is 2. The van der Waals surface area contributed by atoms with Crippen LogP contribution in [0.4, 0.5) is 0 Å². The molecular formula is C12H14N2O6S. The summed E-state index contributed by atoms with van der Waals surface area (Å²) >= 11 is 0. The van der Waals surface area contributed by atoms with E-state index in [4.69, 9.17) is 10.8 Å². The number of nitrogens with one attached hydrogen (secondary N) is 2. The SMILES string of the molecule is C#CCNC(=O)CCNS(=O)(=O)c1ccc(C(=O)OC)o1. The molecule has 8 nitrogen and oxygen atoms in total. The summed E-state index contributed by atoms with van der Waals surface area (Å²) < 4.78 is 35.1. The molecule has 1 aromatic rings. The zero-order valence-electron chi connectivity index (χ0n) is 11.2. The number of ether oxygens (including phenoxy) is 1. The zero-order valence-corrected chi connectivity index (χ0v) is 12.0. The van der Waals surface area contributed by atoms with Gasteiger partial charge in [0.1, 0.15) is 0 Å². The van der Waals surface area contributed by atoms with E-state index in [0.29, 0.717) is 0 Å². The van der Waals surface area contributed by atoms with Crippen molar-refractivity contribution in [2.75, 3.05) is 20.2 Å². The Morgan fingerprint density at radius 2 is 2.14 bits per heavy atom. The molecule has 0 aliphatic heterocycles. The average Bonchev–Trinajstić information content (AvgIpc) is 2.94. The lowest BCUT2D eigenvalue weighted by Gasteiger charge is -2.04. The van der Waals surface area contributed by atoms with Crippen molar-refractivity contribution in [2.45, 2.75) is 11.5 Å². The minimum absolute atomic E-state index is 0.0757. The number of carbonyl (C=O) groups is 2. The van der Waals surface area contributed by atoms with E-state index in [-0.39, 0.29) is 31.2 Å². The first-order valence-electron chi connectivity index (χ1n) is 5.78. The Hall–Kier alpha value is -2.31. The quantitative estimate of drug-likeness (QED) is 0.517. The third-order valence-electron chi connectivity index (χ3n) is 2.26. The Morgan fingerprint density at radius 3 is 2.76 bits per heavy atom. The maximum absolute atomic E-state index is 11.8. The van der Waals surface area contributed by atoms with E-state index < -0.39 is 21.1 Å². The van der Waals surface area contributed by atoms with Crippen molar-refractivity contribution < 1.29 is 27.2 Å². The van der Waals surface area contributed by atoms with Gasteiger partial charge in [-0.3, -0.25) is 4.79 Å². The second-order valence-electron chi connectivity index (χ2n) is 3.74. The number of terminal acetylenes is 1. The molecule has 0 bridgehead atoms. The molecule has 1 amide bonds. The number of methoxy groups -OCH3 is 1. The van der Waals surface area contributed by atoms with Crippen LogP contribution in [0.2, 0.25) is 0 Å². The summed E-state index contributed by atoms with van der Waals surface area (Å²) in [7, 11) is -2.80. The Balaban J connectivity index is 2.58. The summed E-state index contributed by atoms with van der Waals surface area (Å²) in [4.78, 5) is 22.4. The molecule has 0 saturated carbocycles. The van der Waals surface area contributed by atoms with Crippen LogP contribution in [0.3, 0.4) is 0 Å². The molecule has 0 spiro atoms. The molecule has 0 saturated heterocycles. The molecule has 0 aliphatic rings.